The summed E-state index contributed by atoms with van der Waals surface area (Å²) < 4.78 is 32.1. The fraction of sp³-hybridized carbons (Fsp3) is 0. The van der Waals surface area contributed by atoms with E-state index >= 15 is 0 Å². The molecule has 3 N–H and O–H groups in total. The zero-order valence-electron chi connectivity index (χ0n) is 12.9. The van der Waals surface area contributed by atoms with Crippen molar-refractivity contribution in [1.29, 1.82) is 0 Å². The average Bonchev–Trinajstić information content (AvgIpc) is 2.78. The van der Waals surface area contributed by atoms with Gasteiger partial charge in [-0.2, -0.15) is 4.98 Å². The van der Waals surface area contributed by atoms with Gasteiger partial charge in [0.1, 0.15) is 12.1 Å². The van der Waals surface area contributed by atoms with E-state index in [1.54, 1.807) is 0 Å². The van der Waals surface area contributed by atoms with E-state index in [0.29, 0.717) is 5.56 Å². The molecule has 9 heteroatoms. The Morgan fingerprint density at radius 3 is 2.58 bits per heavy atom. The van der Waals surface area contributed by atoms with Gasteiger partial charge in [0.2, 0.25) is 0 Å². The number of nitrogens with one attached hydrogen (secondary N) is 1. The molecule has 0 aliphatic carbocycles. The van der Waals surface area contributed by atoms with E-state index in [0.717, 1.165) is 12.1 Å². The Hall–Kier alpha value is -3.75. The van der Waals surface area contributed by atoms with Gasteiger partial charge in [0.15, 0.2) is 34.6 Å². The zero-order valence-corrected chi connectivity index (χ0v) is 12.9. The normalized spacial score (nSPS) is 11.9. The largest absolute Gasteiger partial charge is 0.504 e. The van der Waals surface area contributed by atoms with Crippen molar-refractivity contribution < 1.29 is 23.7 Å². The number of phenolic OH excluding ortho intramolecular Hbond substituents is 2. The Balaban J connectivity index is 1.75. The minimum atomic E-state index is -1.01. The number of halogens is 2. The van der Waals surface area contributed by atoms with E-state index in [1.807, 2.05) is 0 Å². The van der Waals surface area contributed by atoms with Crippen LogP contribution in [0.15, 0.2) is 41.7 Å². The third-order valence-corrected chi connectivity index (χ3v) is 3.62. The summed E-state index contributed by atoms with van der Waals surface area (Å²) in [4.78, 5) is 12.3. The molecule has 1 aromatic heterocycles. The molecular formula is C17H10F2N4O3. The summed E-state index contributed by atoms with van der Waals surface area (Å²) in [6, 6.07) is 5.83. The lowest BCUT2D eigenvalue weighted by Gasteiger charge is -2.11. The molecule has 2 heterocycles. The Kier molecular flexibility index (Phi) is 3.61. The molecule has 0 amide bonds. The summed E-state index contributed by atoms with van der Waals surface area (Å²) in [5.41, 5.74) is 0.890. The van der Waals surface area contributed by atoms with Gasteiger partial charge in [-0.3, -0.25) is 0 Å². The number of anilines is 2. The second-order valence-corrected chi connectivity index (χ2v) is 5.37. The summed E-state index contributed by atoms with van der Waals surface area (Å²) in [6.45, 7) is 0. The van der Waals surface area contributed by atoms with E-state index in [2.05, 4.69) is 20.3 Å². The van der Waals surface area contributed by atoms with Gasteiger partial charge in [0.25, 0.3) is 5.88 Å². The molecule has 0 bridgehead atoms. The van der Waals surface area contributed by atoms with Gasteiger partial charge in [0, 0.05) is 29.6 Å². The Labute approximate surface area is 145 Å². The van der Waals surface area contributed by atoms with Crippen LogP contribution in [0, 0.1) is 11.6 Å². The van der Waals surface area contributed by atoms with Gasteiger partial charge in [-0.25, -0.2) is 18.8 Å². The van der Waals surface area contributed by atoms with Crippen LogP contribution in [0.5, 0.6) is 23.1 Å². The smallest absolute Gasteiger partial charge is 0.250 e. The van der Waals surface area contributed by atoms with Crippen LogP contribution in [-0.4, -0.2) is 26.4 Å². The van der Waals surface area contributed by atoms with Crippen molar-refractivity contribution in [3.63, 3.8) is 0 Å². The first kappa shape index (κ1) is 15.8. The van der Waals surface area contributed by atoms with E-state index in [1.165, 1.54) is 30.7 Å². The summed E-state index contributed by atoms with van der Waals surface area (Å²) >= 11 is 0. The Morgan fingerprint density at radius 2 is 1.77 bits per heavy atom. The highest BCUT2D eigenvalue weighted by Gasteiger charge is 2.19. The van der Waals surface area contributed by atoms with Crippen molar-refractivity contribution in [3.8, 4) is 23.1 Å². The lowest BCUT2D eigenvalue weighted by molar-refractivity contribution is 0.396. The lowest BCUT2D eigenvalue weighted by atomic mass is 10.2. The molecule has 0 saturated heterocycles. The first-order valence-corrected chi connectivity index (χ1v) is 7.36. The topological polar surface area (TPSA) is 99.9 Å². The van der Waals surface area contributed by atoms with E-state index < -0.39 is 11.6 Å². The number of phenols is 2. The molecule has 4 rings (SSSR count). The van der Waals surface area contributed by atoms with Gasteiger partial charge >= 0.3 is 0 Å². The fourth-order valence-electron chi connectivity index (χ4n) is 2.36. The van der Waals surface area contributed by atoms with Crippen molar-refractivity contribution in [1.82, 2.24) is 9.97 Å². The Morgan fingerprint density at radius 1 is 0.962 bits per heavy atom. The minimum absolute atomic E-state index is 0.0881. The van der Waals surface area contributed by atoms with Crippen molar-refractivity contribution in [3.05, 3.63) is 53.9 Å². The van der Waals surface area contributed by atoms with Gasteiger partial charge in [-0.05, 0) is 18.2 Å². The van der Waals surface area contributed by atoms with Crippen LogP contribution in [0.3, 0.4) is 0 Å². The van der Waals surface area contributed by atoms with E-state index in [-0.39, 0.29) is 40.3 Å². The van der Waals surface area contributed by atoms with Crippen LogP contribution in [0.1, 0.15) is 5.56 Å². The third-order valence-electron chi connectivity index (χ3n) is 3.62. The lowest BCUT2D eigenvalue weighted by Crippen LogP contribution is -1.98. The first-order chi connectivity index (χ1) is 12.5. The molecule has 7 nitrogen and oxygen atoms in total. The quantitative estimate of drug-likeness (QED) is 0.473. The molecule has 0 saturated carbocycles. The second-order valence-electron chi connectivity index (χ2n) is 5.37. The van der Waals surface area contributed by atoms with Crippen molar-refractivity contribution >= 4 is 23.4 Å². The standard InChI is InChI=1S/C17H10F2N4O3/c18-10-2-1-9(4-11(10)19)23-16-15-17(22-7-21-16)26-14-5-13(25)12(24)3-8(14)6-20-15/h1-7,24-25H,(H,21,22,23). The summed E-state index contributed by atoms with van der Waals surface area (Å²) in [7, 11) is 0. The maximum Gasteiger partial charge on any atom is 0.250 e. The summed E-state index contributed by atoms with van der Waals surface area (Å²) in [5, 5.41) is 22.1. The molecule has 0 radical (unpaired) electrons. The van der Waals surface area contributed by atoms with Crippen LogP contribution >= 0.6 is 0 Å². The van der Waals surface area contributed by atoms with Crippen LogP contribution < -0.4 is 10.1 Å². The fourth-order valence-corrected chi connectivity index (χ4v) is 2.36. The van der Waals surface area contributed by atoms with Crippen LogP contribution in [0.25, 0.3) is 0 Å². The molecule has 1 aliphatic rings. The number of benzene rings is 2. The number of aliphatic imine (C=N–C) groups is 1. The number of fused-ring (bicyclic) bond motifs is 2. The third kappa shape index (κ3) is 2.75. The van der Waals surface area contributed by atoms with Crippen molar-refractivity contribution in [2.75, 3.05) is 5.32 Å². The second kappa shape index (κ2) is 5.96. The van der Waals surface area contributed by atoms with Crippen LogP contribution in [-0.2, 0) is 0 Å². The highest BCUT2D eigenvalue weighted by Crippen LogP contribution is 2.41. The summed E-state index contributed by atoms with van der Waals surface area (Å²) in [5.74, 6) is -2.11. The van der Waals surface area contributed by atoms with Crippen LogP contribution in [0.2, 0.25) is 0 Å². The predicted octanol–water partition coefficient (Wildman–Crippen LogP) is 3.77. The van der Waals surface area contributed by atoms with Crippen molar-refractivity contribution in [2.45, 2.75) is 0 Å². The zero-order chi connectivity index (χ0) is 18.3. The Bertz CT molecular complexity index is 1060. The number of hydrogen-bond acceptors (Lipinski definition) is 7. The van der Waals surface area contributed by atoms with Gasteiger partial charge in [0.05, 0.1) is 0 Å². The molecular weight excluding hydrogens is 346 g/mol. The SMILES string of the molecule is Oc1cc2c(cc1O)Oc1ncnc(Nc3ccc(F)c(F)c3)c1N=C2. The van der Waals surface area contributed by atoms with Crippen LogP contribution in [0.4, 0.5) is 26.0 Å². The number of aromatic nitrogens is 2. The van der Waals surface area contributed by atoms with E-state index in [4.69, 9.17) is 4.74 Å². The van der Waals surface area contributed by atoms with Crippen molar-refractivity contribution in [2.24, 2.45) is 4.99 Å². The highest BCUT2D eigenvalue weighted by atomic mass is 19.2. The van der Waals surface area contributed by atoms with Gasteiger partial charge in [-0.15, -0.1) is 0 Å². The molecule has 2 aromatic carbocycles. The number of nitrogens with zero attached hydrogens (tertiary/aromatic N) is 3. The van der Waals surface area contributed by atoms with Gasteiger partial charge in [-0.1, -0.05) is 0 Å². The maximum absolute atomic E-state index is 13.4. The average molecular weight is 356 g/mol. The predicted molar refractivity (Wildman–Crippen MR) is 88.8 cm³/mol. The summed E-state index contributed by atoms with van der Waals surface area (Å²) in [6.07, 6.45) is 2.61. The number of aromatic hydroxyl groups is 2. The maximum atomic E-state index is 13.4. The molecule has 0 fully saturated rings. The molecule has 3 aromatic rings. The first-order valence-electron chi connectivity index (χ1n) is 7.36. The minimum Gasteiger partial charge on any atom is -0.504 e. The molecule has 0 spiro atoms. The number of rotatable bonds is 2. The monoisotopic (exact) mass is 356 g/mol. The highest BCUT2D eigenvalue weighted by molar-refractivity contribution is 5.90. The molecule has 0 atom stereocenters. The van der Waals surface area contributed by atoms with E-state index in [9.17, 15) is 19.0 Å². The number of hydrogen-bond donors (Lipinski definition) is 3. The number of ether oxygens (including phenoxy) is 1. The molecule has 130 valence electrons. The van der Waals surface area contributed by atoms with Gasteiger partial charge < -0.3 is 20.3 Å². The molecule has 1 aliphatic heterocycles. The molecule has 0 unspecified atom stereocenters. The molecule has 26 heavy (non-hydrogen) atoms.